The van der Waals surface area contributed by atoms with Gasteiger partial charge in [-0.3, -0.25) is 0 Å². The summed E-state index contributed by atoms with van der Waals surface area (Å²) in [6, 6.07) is 21.5. The van der Waals surface area contributed by atoms with Gasteiger partial charge in [0.2, 0.25) is 0 Å². The van der Waals surface area contributed by atoms with Crippen molar-refractivity contribution < 1.29 is 0 Å². The van der Waals surface area contributed by atoms with Crippen molar-refractivity contribution >= 4 is 0 Å². The summed E-state index contributed by atoms with van der Waals surface area (Å²) in [4.78, 5) is 7.20. The third kappa shape index (κ3) is 3.80. The first-order valence-electron chi connectivity index (χ1n) is 7.21. The SMILES string of the molecule is c1ccc(CC(NCc2cnc[nH]2)c2ccccc2)cc1. The van der Waals surface area contributed by atoms with Gasteiger partial charge in [0.05, 0.1) is 6.33 Å². The molecule has 0 saturated heterocycles. The summed E-state index contributed by atoms with van der Waals surface area (Å²) in [5, 5.41) is 3.62. The van der Waals surface area contributed by atoms with Gasteiger partial charge in [0.25, 0.3) is 0 Å². The van der Waals surface area contributed by atoms with E-state index < -0.39 is 0 Å². The van der Waals surface area contributed by atoms with Crippen LogP contribution in [0, 0.1) is 0 Å². The van der Waals surface area contributed by atoms with Crippen LogP contribution < -0.4 is 5.32 Å². The van der Waals surface area contributed by atoms with Crippen molar-refractivity contribution in [2.75, 3.05) is 0 Å². The monoisotopic (exact) mass is 277 g/mol. The molecule has 2 N–H and O–H groups in total. The molecule has 3 nitrogen and oxygen atoms in total. The summed E-state index contributed by atoms with van der Waals surface area (Å²) in [6.45, 7) is 0.784. The van der Waals surface area contributed by atoms with Gasteiger partial charge in [-0.1, -0.05) is 60.7 Å². The number of rotatable bonds is 6. The molecule has 21 heavy (non-hydrogen) atoms. The van der Waals surface area contributed by atoms with Gasteiger partial charge in [-0.15, -0.1) is 0 Å². The Labute approximate surface area is 125 Å². The van der Waals surface area contributed by atoms with Gasteiger partial charge in [-0.05, 0) is 17.5 Å². The lowest BCUT2D eigenvalue weighted by molar-refractivity contribution is 0.526. The molecule has 1 unspecified atom stereocenters. The van der Waals surface area contributed by atoms with E-state index in [1.54, 1.807) is 6.33 Å². The van der Waals surface area contributed by atoms with E-state index in [1.165, 1.54) is 11.1 Å². The van der Waals surface area contributed by atoms with Crippen molar-refractivity contribution in [2.24, 2.45) is 0 Å². The molecule has 0 spiro atoms. The zero-order chi connectivity index (χ0) is 14.3. The molecule has 0 fully saturated rings. The summed E-state index contributed by atoms with van der Waals surface area (Å²) in [7, 11) is 0. The number of nitrogens with one attached hydrogen (secondary N) is 2. The number of nitrogens with zero attached hydrogens (tertiary/aromatic N) is 1. The van der Waals surface area contributed by atoms with Gasteiger partial charge in [-0.25, -0.2) is 4.98 Å². The number of hydrogen-bond acceptors (Lipinski definition) is 2. The third-order valence-electron chi connectivity index (χ3n) is 3.58. The summed E-state index contributed by atoms with van der Waals surface area (Å²) in [5.41, 5.74) is 3.74. The number of aromatic nitrogens is 2. The van der Waals surface area contributed by atoms with Crippen LogP contribution in [-0.4, -0.2) is 9.97 Å². The molecule has 0 saturated carbocycles. The van der Waals surface area contributed by atoms with Crippen molar-refractivity contribution in [3.8, 4) is 0 Å². The molecule has 0 aliphatic carbocycles. The van der Waals surface area contributed by atoms with E-state index in [-0.39, 0.29) is 6.04 Å². The lowest BCUT2D eigenvalue weighted by Gasteiger charge is -2.19. The topological polar surface area (TPSA) is 40.7 Å². The molecule has 0 aliphatic heterocycles. The summed E-state index contributed by atoms with van der Waals surface area (Å²) >= 11 is 0. The number of imidazole rings is 1. The van der Waals surface area contributed by atoms with Crippen LogP contribution in [0.3, 0.4) is 0 Å². The zero-order valence-electron chi connectivity index (χ0n) is 11.9. The Bertz CT molecular complexity index is 633. The predicted octanol–water partition coefficient (Wildman–Crippen LogP) is 3.48. The Morgan fingerprint density at radius 2 is 1.67 bits per heavy atom. The van der Waals surface area contributed by atoms with Crippen LogP contribution >= 0.6 is 0 Å². The Balaban J connectivity index is 1.74. The van der Waals surface area contributed by atoms with Crippen LogP contribution in [0.25, 0.3) is 0 Å². The Morgan fingerprint density at radius 3 is 2.33 bits per heavy atom. The smallest absolute Gasteiger partial charge is 0.0922 e. The fraction of sp³-hybridized carbons (Fsp3) is 0.167. The second-order valence-electron chi connectivity index (χ2n) is 5.11. The summed E-state index contributed by atoms with van der Waals surface area (Å²) < 4.78 is 0. The van der Waals surface area contributed by atoms with Crippen molar-refractivity contribution in [1.82, 2.24) is 15.3 Å². The van der Waals surface area contributed by atoms with Gasteiger partial charge < -0.3 is 10.3 Å². The second kappa shape index (κ2) is 6.86. The molecular weight excluding hydrogens is 258 g/mol. The van der Waals surface area contributed by atoms with Crippen LogP contribution in [-0.2, 0) is 13.0 Å². The molecule has 3 rings (SSSR count). The molecule has 1 heterocycles. The number of aromatic amines is 1. The number of H-pyrrole nitrogens is 1. The lowest BCUT2D eigenvalue weighted by Crippen LogP contribution is -2.23. The lowest BCUT2D eigenvalue weighted by atomic mass is 9.99. The van der Waals surface area contributed by atoms with E-state index in [0.717, 1.165) is 18.7 Å². The van der Waals surface area contributed by atoms with Crippen LogP contribution in [0.5, 0.6) is 0 Å². The first-order valence-corrected chi connectivity index (χ1v) is 7.21. The molecule has 0 bridgehead atoms. The van der Waals surface area contributed by atoms with E-state index in [0.29, 0.717) is 0 Å². The first-order chi connectivity index (χ1) is 10.4. The fourth-order valence-electron chi connectivity index (χ4n) is 2.46. The van der Waals surface area contributed by atoms with Gasteiger partial charge in [0, 0.05) is 24.5 Å². The molecule has 1 atom stereocenters. The standard InChI is InChI=1S/C18H19N3/c1-3-7-15(8-4-1)11-18(16-9-5-2-6-10-16)20-13-17-12-19-14-21-17/h1-10,12,14,18,20H,11,13H2,(H,19,21). The van der Waals surface area contributed by atoms with E-state index in [1.807, 2.05) is 6.20 Å². The minimum absolute atomic E-state index is 0.289. The largest absolute Gasteiger partial charge is 0.347 e. The molecular formula is C18H19N3. The molecule has 0 aliphatic rings. The van der Waals surface area contributed by atoms with Gasteiger partial charge >= 0.3 is 0 Å². The Kier molecular flexibility index (Phi) is 4.44. The number of benzene rings is 2. The van der Waals surface area contributed by atoms with E-state index in [4.69, 9.17) is 0 Å². The maximum Gasteiger partial charge on any atom is 0.0922 e. The highest BCUT2D eigenvalue weighted by atomic mass is 15.0. The van der Waals surface area contributed by atoms with Crippen molar-refractivity contribution in [1.29, 1.82) is 0 Å². The summed E-state index contributed by atoms with van der Waals surface area (Å²) in [6.07, 6.45) is 4.54. The zero-order valence-corrected chi connectivity index (χ0v) is 11.9. The maximum atomic E-state index is 4.06. The third-order valence-corrected chi connectivity index (χ3v) is 3.58. The van der Waals surface area contributed by atoms with E-state index >= 15 is 0 Å². The van der Waals surface area contributed by atoms with Crippen LogP contribution in [0.1, 0.15) is 22.9 Å². The summed E-state index contributed by atoms with van der Waals surface area (Å²) in [5.74, 6) is 0. The van der Waals surface area contributed by atoms with Crippen LogP contribution in [0.4, 0.5) is 0 Å². The molecule has 0 radical (unpaired) electrons. The highest BCUT2D eigenvalue weighted by Gasteiger charge is 2.11. The average molecular weight is 277 g/mol. The van der Waals surface area contributed by atoms with Crippen LogP contribution in [0.15, 0.2) is 73.2 Å². The van der Waals surface area contributed by atoms with Crippen molar-refractivity contribution in [3.63, 3.8) is 0 Å². The molecule has 1 aromatic heterocycles. The fourth-order valence-corrected chi connectivity index (χ4v) is 2.46. The average Bonchev–Trinajstić information content (AvgIpc) is 3.07. The molecule has 3 heteroatoms. The van der Waals surface area contributed by atoms with E-state index in [9.17, 15) is 0 Å². The quantitative estimate of drug-likeness (QED) is 0.724. The maximum absolute atomic E-state index is 4.06. The van der Waals surface area contributed by atoms with Gasteiger partial charge in [0.1, 0.15) is 0 Å². The minimum Gasteiger partial charge on any atom is -0.347 e. The highest BCUT2D eigenvalue weighted by Crippen LogP contribution is 2.18. The molecule has 106 valence electrons. The Hall–Kier alpha value is -2.39. The molecule has 2 aromatic carbocycles. The molecule has 3 aromatic rings. The normalized spacial score (nSPS) is 12.2. The number of hydrogen-bond donors (Lipinski definition) is 2. The van der Waals surface area contributed by atoms with Gasteiger partial charge in [0.15, 0.2) is 0 Å². The van der Waals surface area contributed by atoms with Crippen molar-refractivity contribution in [2.45, 2.75) is 19.0 Å². The second-order valence-corrected chi connectivity index (χ2v) is 5.11. The Morgan fingerprint density at radius 1 is 0.952 bits per heavy atom. The highest BCUT2D eigenvalue weighted by molar-refractivity contribution is 5.23. The first kappa shape index (κ1) is 13.6. The predicted molar refractivity (Wildman–Crippen MR) is 84.8 cm³/mol. The van der Waals surface area contributed by atoms with E-state index in [2.05, 4.69) is 75.9 Å². The van der Waals surface area contributed by atoms with Crippen LogP contribution in [0.2, 0.25) is 0 Å². The van der Waals surface area contributed by atoms with Crippen molar-refractivity contribution in [3.05, 3.63) is 90.0 Å². The van der Waals surface area contributed by atoms with Gasteiger partial charge in [-0.2, -0.15) is 0 Å². The minimum atomic E-state index is 0.289. The molecule has 0 amide bonds.